The van der Waals surface area contributed by atoms with Crippen LogP contribution in [0.25, 0.3) is 11.3 Å². The summed E-state index contributed by atoms with van der Waals surface area (Å²) in [7, 11) is 3.08. The van der Waals surface area contributed by atoms with Crippen molar-refractivity contribution in [3.8, 4) is 22.8 Å². The SMILES string of the molecule is COc1ccc(-c2cc(C(=O)N/N=C\c3cccc([N+](=O)[O-])c3)[nH]n2)cc1OC. The zero-order chi connectivity index (χ0) is 20.8. The maximum atomic E-state index is 12.2. The fourth-order valence-electron chi connectivity index (χ4n) is 2.53. The molecule has 29 heavy (non-hydrogen) atoms. The number of nitro benzene ring substituents is 1. The van der Waals surface area contributed by atoms with E-state index in [1.807, 2.05) is 0 Å². The molecule has 0 atom stereocenters. The van der Waals surface area contributed by atoms with Crippen LogP contribution in [0.5, 0.6) is 11.5 Å². The molecular formula is C19H17N5O5. The van der Waals surface area contributed by atoms with Gasteiger partial charge in [-0.05, 0) is 24.3 Å². The molecular weight excluding hydrogens is 378 g/mol. The Labute approximate surface area is 165 Å². The molecule has 0 aliphatic rings. The number of hydrogen-bond donors (Lipinski definition) is 2. The highest BCUT2D eigenvalue weighted by Gasteiger charge is 2.13. The van der Waals surface area contributed by atoms with E-state index in [1.165, 1.54) is 31.5 Å². The second kappa shape index (κ2) is 8.65. The van der Waals surface area contributed by atoms with Crippen molar-refractivity contribution in [2.75, 3.05) is 14.2 Å². The minimum absolute atomic E-state index is 0.0617. The van der Waals surface area contributed by atoms with E-state index >= 15 is 0 Å². The molecule has 0 saturated carbocycles. The molecule has 0 unspecified atom stereocenters. The van der Waals surface area contributed by atoms with Crippen LogP contribution in [0, 0.1) is 10.1 Å². The largest absolute Gasteiger partial charge is 0.493 e. The van der Waals surface area contributed by atoms with Gasteiger partial charge in [-0.25, -0.2) is 5.43 Å². The van der Waals surface area contributed by atoms with Gasteiger partial charge in [-0.2, -0.15) is 10.2 Å². The van der Waals surface area contributed by atoms with E-state index in [0.717, 1.165) is 5.56 Å². The Balaban J connectivity index is 1.70. The second-order valence-corrected chi connectivity index (χ2v) is 5.79. The molecule has 0 fully saturated rings. The Bertz CT molecular complexity index is 1080. The highest BCUT2D eigenvalue weighted by molar-refractivity contribution is 5.94. The fraction of sp³-hybridized carbons (Fsp3) is 0.105. The number of rotatable bonds is 7. The Kier molecular flexibility index (Phi) is 5.83. The maximum absolute atomic E-state index is 12.2. The van der Waals surface area contributed by atoms with Crippen LogP contribution in [0.15, 0.2) is 53.6 Å². The third-order valence-corrected chi connectivity index (χ3v) is 3.96. The van der Waals surface area contributed by atoms with Gasteiger partial charge in [-0.3, -0.25) is 20.0 Å². The summed E-state index contributed by atoms with van der Waals surface area (Å²) in [6.07, 6.45) is 1.32. The van der Waals surface area contributed by atoms with E-state index in [4.69, 9.17) is 9.47 Å². The monoisotopic (exact) mass is 395 g/mol. The summed E-state index contributed by atoms with van der Waals surface area (Å²) in [5.74, 6) is 0.617. The van der Waals surface area contributed by atoms with Crippen LogP contribution < -0.4 is 14.9 Å². The van der Waals surface area contributed by atoms with Crippen molar-refractivity contribution in [1.29, 1.82) is 0 Å². The summed E-state index contributed by atoms with van der Waals surface area (Å²) >= 11 is 0. The first-order valence-corrected chi connectivity index (χ1v) is 8.37. The third-order valence-electron chi connectivity index (χ3n) is 3.96. The van der Waals surface area contributed by atoms with E-state index in [2.05, 4.69) is 20.7 Å². The Morgan fingerprint density at radius 1 is 1.17 bits per heavy atom. The predicted molar refractivity (Wildman–Crippen MR) is 105 cm³/mol. The highest BCUT2D eigenvalue weighted by atomic mass is 16.6. The number of non-ortho nitro benzene ring substituents is 1. The van der Waals surface area contributed by atoms with Crippen LogP contribution in [-0.4, -0.2) is 41.5 Å². The summed E-state index contributed by atoms with van der Waals surface area (Å²) in [5.41, 5.74) is 4.24. The quantitative estimate of drug-likeness (QED) is 0.359. The van der Waals surface area contributed by atoms with Crippen molar-refractivity contribution in [2.45, 2.75) is 0 Å². The van der Waals surface area contributed by atoms with Crippen LogP contribution in [0.4, 0.5) is 5.69 Å². The Hall–Kier alpha value is -4.21. The molecule has 3 aromatic rings. The molecule has 2 N–H and O–H groups in total. The number of aromatic amines is 1. The molecule has 0 aliphatic carbocycles. The van der Waals surface area contributed by atoms with E-state index in [1.54, 1.807) is 37.4 Å². The van der Waals surface area contributed by atoms with Gasteiger partial charge in [0.15, 0.2) is 11.5 Å². The van der Waals surface area contributed by atoms with Gasteiger partial charge in [0, 0.05) is 23.3 Å². The van der Waals surface area contributed by atoms with Crippen molar-refractivity contribution in [2.24, 2.45) is 5.10 Å². The molecule has 1 aromatic heterocycles. The maximum Gasteiger partial charge on any atom is 0.289 e. The molecule has 10 heteroatoms. The molecule has 0 radical (unpaired) electrons. The predicted octanol–water partition coefficient (Wildman–Crippen LogP) is 2.77. The highest BCUT2D eigenvalue weighted by Crippen LogP contribution is 2.31. The van der Waals surface area contributed by atoms with Gasteiger partial charge >= 0.3 is 0 Å². The number of benzene rings is 2. The number of nitrogens with zero attached hydrogens (tertiary/aromatic N) is 3. The molecule has 0 aliphatic heterocycles. The van der Waals surface area contributed by atoms with Crippen LogP contribution in [0.3, 0.4) is 0 Å². The second-order valence-electron chi connectivity index (χ2n) is 5.79. The lowest BCUT2D eigenvalue weighted by Crippen LogP contribution is -2.18. The number of carbonyl (C=O) groups is 1. The fourth-order valence-corrected chi connectivity index (χ4v) is 2.53. The molecule has 1 amide bonds. The minimum Gasteiger partial charge on any atom is -0.493 e. The molecule has 3 rings (SSSR count). The van der Waals surface area contributed by atoms with Gasteiger partial charge in [0.1, 0.15) is 5.69 Å². The summed E-state index contributed by atoms with van der Waals surface area (Å²) in [5, 5.41) is 21.4. The van der Waals surface area contributed by atoms with Crippen molar-refractivity contribution < 1.29 is 19.2 Å². The lowest BCUT2D eigenvalue weighted by atomic mass is 10.1. The number of H-pyrrole nitrogens is 1. The Morgan fingerprint density at radius 3 is 2.69 bits per heavy atom. The number of carbonyl (C=O) groups excluding carboxylic acids is 1. The van der Waals surface area contributed by atoms with Gasteiger partial charge in [0.25, 0.3) is 11.6 Å². The van der Waals surface area contributed by atoms with E-state index < -0.39 is 10.8 Å². The molecule has 148 valence electrons. The molecule has 0 bridgehead atoms. The van der Waals surface area contributed by atoms with Crippen molar-refractivity contribution >= 4 is 17.8 Å². The topological polar surface area (TPSA) is 132 Å². The average Bonchev–Trinajstić information content (AvgIpc) is 3.23. The van der Waals surface area contributed by atoms with Crippen molar-refractivity contribution in [3.63, 3.8) is 0 Å². The number of ether oxygens (including phenoxy) is 2. The number of hydrogen-bond acceptors (Lipinski definition) is 7. The van der Waals surface area contributed by atoms with Crippen molar-refractivity contribution in [3.05, 3.63) is 69.9 Å². The number of aromatic nitrogens is 2. The Morgan fingerprint density at radius 2 is 1.97 bits per heavy atom. The van der Waals surface area contributed by atoms with Crippen LogP contribution >= 0.6 is 0 Å². The van der Waals surface area contributed by atoms with E-state index in [0.29, 0.717) is 22.8 Å². The van der Waals surface area contributed by atoms with Crippen LogP contribution in [0.1, 0.15) is 16.1 Å². The smallest absolute Gasteiger partial charge is 0.289 e. The average molecular weight is 395 g/mol. The van der Waals surface area contributed by atoms with Gasteiger partial charge in [-0.15, -0.1) is 0 Å². The minimum atomic E-state index is -0.508. The first kappa shape index (κ1) is 19.5. The van der Waals surface area contributed by atoms with Crippen molar-refractivity contribution in [1.82, 2.24) is 15.6 Å². The number of amides is 1. The van der Waals surface area contributed by atoms with Gasteiger partial charge in [-0.1, -0.05) is 12.1 Å². The van der Waals surface area contributed by atoms with Crippen LogP contribution in [-0.2, 0) is 0 Å². The lowest BCUT2D eigenvalue weighted by molar-refractivity contribution is -0.384. The summed E-state index contributed by atoms with van der Waals surface area (Å²) in [6, 6.07) is 12.7. The van der Waals surface area contributed by atoms with Gasteiger partial charge in [0.2, 0.25) is 0 Å². The first-order chi connectivity index (χ1) is 14.0. The van der Waals surface area contributed by atoms with Crippen LogP contribution in [0.2, 0.25) is 0 Å². The zero-order valence-corrected chi connectivity index (χ0v) is 15.6. The lowest BCUT2D eigenvalue weighted by Gasteiger charge is -2.08. The third kappa shape index (κ3) is 4.56. The number of methoxy groups -OCH3 is 2. The standard InChI is InChI=1S/C19H17N5O5/c1-28-17-7-6-13(9-18(17)29-2)15-10-16(22-21-15)19(25)23-20-11-12-4-3-5-14(8-12)24(26)27/h3-11H,1-2H3,(H,21,22)(H,23,25)/b20-11-. The van der Waals surface area contributed by atoms with E-state index in [-0.39, 0.29) is 11.4 Å². The summed E-state index contributed by atoms with van der Waals surface area (Å²) < 4.78 is 10.5. The zero-order valence-electron chi connectivity index (χ0n) is 15.6. The normalized spacial score (nSPS) is 10.7. The molecule has 1 heterocycles. The summed E-state index contributed by atoms with van der Waals surface area (Å²) in [6.45, 7) is 0. The first-order valence-electron chi connectivity index (χ1n) is 8.37. The molecule has 2 aromatic carbocycles. The van der Waals surface area contributed by atoms with Gasteiger partial charge < -0.3 is 9.47 Å². The van der Waals surface area contributed by atoms with E-state index in [9.17, 15) is 14.9 Å². The molecule has 10 nitrogen and oxygen atoms in total. The number of nitrogens with one attached hydrogen (secondary N) is 2. The summed E-state index contributed by atoms with van der Waals surface area (Å²) in [4.78, 5) is 22.5. The van der Waals surface area contributed by atoms with Gasteiger partial charge in [0.05, 0.1) is 31.1 Å². The molecule has 0 spiro atoms. The number of nitro groups is 1. The number of hydrazone groups is 1. The molecule has 0 saturated heterocycles.